The molecule has 0 aliphatic carbocycles. The minimum atomic E-state index is -0.0707. The van der Waals surface area contributed by atoms with Gasteiger partial charge in [-0.15, -0.1) is 0 Å². The molecular weight excluding hydrogens is 468 g/mol. The highest BCUT2D eigenvalue weighted by Crippen LogP contribution is 2.26. The van der Waals surface area contributed by atoms with Crippen LogP contribution >= 0.6 is 11.6 Å². The smallest absolute Gasteiger partial charge is 0.253 e. The maximum atomic E-state index is 12.4. The first kappa shape index (κ1) is 30.3. The van der Waals surface area contributed by atoms with Gasteiger partial charge < -0.3 is 15.0 Å². The second-order valence-electron chi connectivity index (χ2n) is 9.97. The lowest BCUT2D eigenvalue weighted by molar-refractivity contribution is -0.117. The van der Waals surface area contributed by atoms with Gasteiger partial charge in [0.05, 0.1) is 17.2 Å². The van der Waals surface area contributed by atoms with E-state index in [9.17, 15) is 4.79 Å². The van der Waals surface area contributed by atoms with E-state index in [4.69, 9.17) is 16.3 Å². The standard InChI is InChI=1S/C31H49ClN2O2/c1-3-5-6-7-8-9-10-11-12-13-14-15-16-17-23-36-30-21-20-27(24-29(30)32)25-33-31(35)28-19-18-22-34(4-2)26-28/h18-21,24,26H,3-17,22-23,25H2,1-2H3,(H,33,35). The van der Waals surface area contributed by atoms with Crippen LogP contribution in [0, 0.1) is 0 Å². The van der Waals surface area contributed by atoms with Crippen molar-refractivity contribution in [2.75, 3.05) is 19.7 Å². The Morgan fingerprint density at radius 1 is 0.917 bits per heavy atom. The van der Waals surface area contributed by atoms with Crippen molar-refractivity contribution in [1.29, 1.82) is 0 Å². The van der Waals surface area contributed by atoms with Crippen molar-refractivity contribution in [1.82, 2.24) is 10.2 Å². The molecule has 1 aromatic carbocycles. The van der Waals surface area contributed by atoms with Gasteiger partial charge >= 0.3 is 0 Å². The van der Waals surface area contributed by atoms with Crippen LogP contribution in [-0.2, 0) is 11.3 Å². The highest BCUT2D eigenvalue weighted by atomic mass is 35.5. The molecule has 0 aromatic heterocycles. The second-order valence-corrected chi connectivity index (χ2v) is 10.4. The molecule has 0 fully saturated rings. The molecule has 1 heterocycles. The molecular formula is C31H49ClN2O2. The molecule has 0 saturated heterocycles. The Morgan fingerprint density at radius 3 is 2.11 bits per heavy atom. The summed E-state index contributed by atoms with van der Waals surface area (Å²) in [5.74, 6) is 0.650. The number of amides is 1. The van der Waals surface area contributed by atoms with Crippen molar-refractivity contribution in [3.05, 3.63) is 52.7 Å². The molecule has 1 aliphatic rings. The zero-order valence-electron chi connectivity index (χ0n) is 22.8. The summed E-state index contributed by atoms with van der Waals surface area (Å²) in [6, 6.07) is 5.76. The Morgan fingerprint density at radius 2 is 1.53 bits per heavy atom. The fourth-order valence-corrected chi connectivity index (χ4v) is 4.75. The van der Waals surface area contributed by atoms with Crippen LogP contribution in [0.4, 0.5) is 0 Å². The summed E-state index contributed by atoms with van der Waals surface area (Å²) < 4.78 is 5.90. The van der Waals surface area contributed by atoms with Gasteiger partial charge in [-0.25, -0.2) is 0 Å². The minimum absolute atomic E-state index is 0.0707. The fourth-order valence-electron chi connectivity index (χ4n) is 4.50. The second kappa shape index (κ2) is 19.2. The lowest BCUT2D eigenvalue weighted by Crippen LogP contribution is -2.28. The number of carbonyl (C=O) groups is 1. The molecule has 1 N–H and O–H groups in total. The van der Waals surface area contributed by atoms with Crippen LogP contribution < -0.4 is 10.1 Å². The molecule has 0 spiro atoms. The monoisotopic (exact) mass is 516 g/mol. The number of rotatable bonds is 20. The van der Waals surface area contributed by atoms with Gasteiger partial charge in [0.15, 0.2) is 0 Å². The summed E-state index contributed by atoms with van der Waals surface area (Å²) in [5, 5.41) is 3.57. The maximum absolute atomic E-state index is 12.4. The van der Waals surface area contributed by atoms with E-state index >= 15 is 0 Å². The summed E-state index contributed by atoms with van der Waals surface area (Å²) in [4.78, 5) is 14.5. The van der Waals surface area contributed by atoms with Gasteiger partial charge in [-0.2, -0.15) is 0 Å². The van der Waals surface area contributed by atoms with Crippen molar-refractivity contribution in [3.63, 3.8) is 0 Å². The van der Waals surface area contributed by atoms with E-state index in [2.05, 4.69) is 24.1 Å². The number of halogens is 1. The molecule has 2 rings (SSSR count). The number of ether oxygens (including phenoxy) is 1. The zero-order chi connectivity index (χ0) is 25.8. The van der Waals surface area contributed by atoms with Crippen molar-refractivity contribution in [2.45, 2.75) is 110 Å². The molecule has 0 radical (unpaired) electrons. The van der Waals surface area contributed by atoms with Crippen molar-refractivity contribution in [2.24, 2.45) is 0 Å². The van der Waals surface area contributed by atoms with Gasteiger partial charge in [0.25, 0.3) is 5.91 Å². The molecule has 0 unspecified atom stereocenters. The summed E-state index contributed by atoms with van der Waals surface area (Å²) in [6.07, 6.45) is 24.7. The Bertz CT molecular complexity index is 806. The van der Waals surface area contributed by atoms with E-state index < -0.39 is 0 Å². The first-order valence-corrected chi connectivity index (χ1v) is 14.8. The first-order chi connectivity index (χ1) is 17.6. The predicted octanol–water partition coefficient (Wildman–Crippen LogP) is 8.59. The Hall–Kier alpha value is -1.94. The summed E-state index contributed by atoms with van der Waals surface area (Å²) in [6.45, 7) is 7.23. The first-order valence-electron chi connectivity index (χ1n) is 14.5. The molecule has 0 saturated carbocycles. The predicted molar refractivity (Wildman–Crippen MR) is 154 cm³/mol. The lowest BCUT2D eigenvalue weighted by Gasteiger charge is -2.20. The third-order valence-corrected chi connectivity index (χ3v) is 7.13. The van der Waals surface area contributed by atoms with Crippen LogP contribution in [-0.4, -0.2) is 30.5 Å². The van der Waals surface area contributed by atoms with Gasteiger partial charge in [0, 0.05) is 25.8 Å². The topological polar surface area (TPSA) is 41.6 Å². The van der Waals surface area contributed by atoms with Gasteiger partial charge in [0.2, 0.25) is 0 Å². The Balaban J connectivity index is 1.50. The van der Waals surface area contributed by atoms with E-state index in [0.717, 1.165) is 30.8 Å². The van der Waals surface area contributed by atoms with E-state index in [1.54, 1.807) is 0 Å². The highest BCUT2D eigenvalue weighted by Gasteiger charge is 2.12. The molecule has 4 nitrogen and oxygen atoms in total. The average molecular weight is 517 g/mol. The number of hydrogen-bond donors (Lipinski definition) is 1. The van der Waals surface area contributed by atoms with Crippen LogP contribution in [0.3, 0.4) is 0 Å². The zero-order valence-corrected chi connectivity index (χ0v) is 23.6. The van der Waals surface area contributed by atoms with Crippen LogP contribution in [0.2, 0.25) is 5.02 Å². The minimum Gasteiger partial charge on any atom is -0.492 e. The average Bonchev–Trinajstić information content (AvgIpc) is 2.90. The third kappa shape index (κ3) is 12.9. The highest BCUT2D eigenvalue weighted by molar-refractivity contribution is 6.32. The van der Waals surface area contributed by atoms with Gasteiger partial charge in [-0.05, 0) is 31.0 Å². The lowest BCUT2D eigenvalue weighted by atomic mass is 10.0. The Labute approximate surface area is 225 Å². The molecule has 0 bridgehead atoms. The quantitative estimate of drug-likeness (QED) is 0.176. The van der Waals surface area contributed by atoms with E-state index in [0.29, 0.717) is 23.7 Å². The van der Waals surface area contributed by atoms with E-state index in [1.165, 1.54) is 83.5 Å². The maximum Gasteiger partial charge on any atom is 0.253 e. The van der Waals surface area contributed by atoms with Crippen LogP contribution in [0.25, 0.3) is 0 Å². The van der Waals surface area contributed by atoms with E-state index in [1.807, 2.05) is 36.6 Å². The SMILES string of the molecule is CCCCCCCCCCCCCCCCOc1ccc(CNC(=O)C2=CN(CC)CC=C2)cc1Cl. The van der Waals surface area contributed by atoms with Crippen molar-refractivity contribution < 1.29 is 9.53 Å². The number of hydrogen-bond acceptors (Lipinski definition) is 3. The molecule has 202 valence electrons. The number of nitrogens with one attached hydrogen (secondary N) is 1. The molecule has 1 aliphatic heterocycles. The Kier molecular flexibility index (Phi) is 16.2. The molecule has 1 amide bonds. The van der Waals surface area contributed by atoms with Gasteiger partial charge in [-0.3, -0.25) is 4.79 Å². The molecule has 0 atom stereocenters. The van der Waals surface area contributed by atoms with Gasteiger partial charge in [-0.1, -0.05) is 120 Å². The van der Waals surface area contributed by atoms with Crippen LogP contribution in [0.5, 0.6) is 5.75 Å². The van der Waals surface area contributed by atoms with Crippen LogP contribution in [0.1, 0.15) is 109 Å². The van der Waals surface area contributed by atoms with Crippen LogP contribution in [0.15, 0.2) is 42.1 Å². The summed E-state index contributed by atoms with van der Waals surface area (Å²) in [5.41, 5.74) is 1.65. The molecule has 1 aromatic rings. The summed E-state index contributed by atoms with van der Waals surface area (Å²) in [7, 11) is 0. The number of benzene rings is 1. The largest absolute Gasteiger partial charge is 0.492 e. The van der Waals surface area contributed by atoms with Gasteiger partial charge in [0.1, 0.15) is 5.75 Å². The number of nitrogens with zero attached hydrogens (tertiary/aromatic N) is 1. The normalized spacial score (nSPS) is 13.1. The number of unbranched alkanes of at least 4 members (excludes halogenated alkanes) is 13. The van der Waals surface area contributed by atoms with Crippen molar-refractivity contribution >= 4 is 17.5 Å². The molecule has 36 heavy (non-hydrogen) atoms. The number of carbonyl (C=O) groups excluding carboxylic acids is 1. The number of likely N-dealkylation sites (N-methyl/N-ethyl adjacent to an activating group) is 1. The summed E-state index contributed by atoms with van der Waals surface area (Å²) >= 11 is 6.43. The fraction of sp³-hybridized carbons (Fsp3) is 0.645. The van der Waals surface area contributed by atoms with Crippen molar-refractivity contribution in [3.8, 4) is 5.75 Å². The molecule has 5 heteroatoms. The van der Waals surface area contributed by atoms with E-state index in [-0.39, 0.29) is 5.91 Å². The third-order valence-electron chi connectivity index (χ3n) is 6.83.